The van der Waals surface area contributed by atoms with Crippen LogP contribution in [0, 0.1) is 0 Å². The van der Waals surface area contributed by atoms with E-state index in [2.05, 4.69) is 21.9 Å². The predicted molar refractivity (Wildman–Crippen MR) is 106 cm³/mol. The van der Waals surface area contributed by atoms with Gasteiger partial charge in [0.15, 0.2) is 0 Å². The summed E-state index contributed by atoms with van der Waals surface area (Å²) in [6.07, 6.45) is 1.04. The molecule has 0 bridgehead atoms. The van der Waals surface area contributed by atoms with Gasteiger partial charge in [0.05, 0.1) is 19.4 Å². The SMILES string of the molecule is COc1ccccc1N1CCN(CCCOc2ccc(CN)cc2)CC1. The number of ether oxygens (including phenoxy) is 2. The maximum absolute atomic E-state index is 5.82. The van der Waals surface area contributed by atoms with Crippen molar-refractivity contribution in [3.05, 3.63) is 54.1 Å². The fourth-order valence-corrected chi connectivity index (χ4v) is 3.30. The van der Waals surface area contributed by atoms with E-state index in [0.29, 0.717) is 6.54 Å². The number of nitrogens with two attached hydrogens (primary N) is 1. The Balaban J connectivity index is 1.37. The van der Waals surface area contributed by atoms with E-state index in [1.807, 2.05) is 36.4 Å². The van der Waals surface area contributed by atoms with Crippen molar-refractivity contribution in [1.82, 2.24) is 4.90 Å². The van der Waals surface area contributed by atoms with Crippen molar-refractivity contribution in [3.8, 4) is 11.5 Å². The number of rotatable bonds is 8. The van der Waals surface area contributed by atoms with Crippen LogP contribution >= 0.6 is 0 Å². The van der Waals surface area contributed by atoms with Gasteiger partial charge in [-0.15, -0.1) is 0 Å². The van der Waals surface area contributed by atoms with Crippen LogP contribution < -0.4 is 20.1 Å². The van der Waals surface area contributed by atoms with Gasteiger partial charge in [-0.25, -0.2) is 0 Å². The number of methoxy groups -OCH3 is 1. The second-order valence-electron chi connectivity index (χ2n) is 6.55. The highest BCUT2D eigenvalue weighted by Gasteiger charge is 2.19. The average molecular weight is 355 g/mol. The zero-order valence-corrected chi connectivity index (χ0v) is 15.6. The second-order valence-corrected chi connectivity index (χ2v) is 6.55. The Kier molecular flexibility index (Phi) is 6.75. The summed E-state index contributed by atoms with van der Waals surface area (Å²) in [5.41, 5.74) is 7.93. The zero-order chi connectivity index (χ0) is 18.2. The van der Waals surface area contributed by atoms with Gasteiger partial charge < -0.3 is 20.1 Å². The Morgan fingerprint density at radius 3 is 2.38 bits per heavy atom. The monoisotopic (exact) mass is 355 g/mol. The van der Waals surface area contributed by atoms with Crippen LogP contribution in [0.1, 0.15) is 12.0 Å². The van der Waals surface area contributed by atoms with Gasteiger partial charge in [-0.2, -0.15) is 0 Å². The summed E-state index contributed by atoms with van der Waals surface area (Å²) in [6, 6.07) is 16.3. The van der Waals surface area contributed by atoms with Gasteiger partial charge in [0.1, 0.15) is 11.5 Å². The minimum atomic E-state index is 0.571. The lowest BCUT2D eigenvalue weighted by Gasteiger charge is -2.36. The smallest absolute Gasteiger partial charge is 0.142 e. The van der Waals surface area contributed by atoms with Gasteiger partial charge in [0.25, 0.3) is 0 Å². The van der Waals surface area contributed by atoms with Crippen LogP contribution in [0.25, 0.3) is 0 Å². The molecule has 1 fully saturated rings. The van der Waals surface area contributed by atoms with Gasteiger partial charge in [0.2, 0.25) is 0 Å². The molecule has 0 saturated carbocycles. The fraction of sp³-hybridized carbons (Fsp3) is 0.429. The van der Waals surface area contributed by atoms with Crippen molar-refractivity contribution in [3.63, 3.8) is 0 Å². The molecule has 2 aromatic rings. The number of hydrogen-bond acceptors (Lipinski definition) is 5. The van der Waals surface area contributed by atoms with E-state index in [1.54, 1.807) is 7.11 Å². The van der Waals surface area contributed by atoms with Crippen LogP contribution in [-0.2, 0) is 6.54 Å². The van der Waals surface area contributed by atoms with E-state index in [0.717, 1.165) is 62.8 Å². The normalized spacial score (nSPS) is 15.1. The summed E-state index contributed by atoms with van der Waals surface area (Å²) in [7, 11) is 1.73. The molecule has 2 N–H and O–H groups in total. The summed E-state index contributed by atoms with van der Waals surface area (Å²) in [6.45, 7) is 6.59. The zero-order valence-electron chi connectivity index (χ0n) is 15.6. The summed E-state index contributed by atoms with van der Waals surface area (Å²) < 4.78 is 11.3. The number of hydrogen-bond donors (Lipinski definition) is 1. The van der Waals surface area contributed by atoms with Gasteiger partial charge in [-0.05, 0) is 36.2 Å². The summed E-state index contributed by atoms with van der Waals surface area (Å²) in [5, 5.41) is 0. The molecule has 0 aliphatic carbocycles. The quantitative estimate of drug-likeness (QED) is 0.738. The van der Waals surface area contributed by atoms with Gasteiger partial charge >= 0.3 is 0 Å². The topological polar surface area (TPSA) is 51.0 Å². The molecule has 26 heavy (non-hydrogen) atoms. The Bertz CT molecular complexity index is 667. The number of piperazine rings is 1. The molecule has 0 spiro atoms. The largest absolute Gasteiger partial charge is 0.495 e. The number of nitrogens with zero attached hydrogens (tertiary/aromatic N) is 2. The molecule has 1 heterocycles. The Labute approximate surface area is 156 Å². The van der Waals surface area contributed by atoms with E-state index in [-0.39, 0.29) is 0 Å². The fourth-order valence-electron chi connectivity index (χ4n) is 3.30. The number of para-hydroxylation sites is 2. The van der Waals surface area contributed by atoms with E-state index in [9.17, 15) is 0 Å². The third-order valence-corrected chi connectivity index (χ3v) is 4.84. The maximum Gasteiger partial charge on any atom is 0.142 e. The van der Waals surface area contributed by atoms with Crippen molar-refractivity contribution in [2.24, 2.45) is 5.73 Å². The summed E-state index contributed by atoms with van der Waals surface area (Å²) in [4.78, 5) is 4.91. The Hall–Kier alpha value is -2.24. The molecule has 2 aromatic carbocycles. The standard InChI is InChI=1S/C21H29N3O2/c1-25-21-6-3-2-5-20(21)24-14-12-23(13-15-24)11-4-16-26-19-9-7-18(17-22)8-10-19/h2-3,5-10H,4,11-17,22H2,1H3. The van der Waals surface area contributed by atoms with E-state index in [1.165, 1.54) is 5.69 Å². The minimum Gasteiger partial charge on any atom is -0.495 e. The summed E-state index contributed by atoms with van der Waals surface area (Å²) >= 11 is 0. The predicted octanol–water partition coefficient (Wildman–Crippen LogP) is 2.75. The number of benzene rings is 2. The first-order valence-corrected chi connectivity index (χ1v) is 9.32. The first-order valence-electron chi connectivity index (χ1n) is 9.32. The van der Waals surface area contributed by atoms with Crippen LogP contribution in [0.15, 0.2) is 48.5 Å². The average Bonchev–Trinajstić information content (AvgIpc) is 2.72. The van der Waals surface area contributed by atoms with Crippen molar-refractivity contribution < 1.29 is 9.47 Å². The van der Waals surface area contributed by atoms with Crippen LogP contribution in [0.2, 0.25) is 0 Å². The molecule has 0 atom stereocenters. The minimum absolute atomic E-state index is 0.571. The first kappa shape index (κ1) is 18.5. The van der Waals surface area contributed by atoms with E-state index < -0.39 is 0 Å². The highest BCUT2D eigenvalue weighted by atomic mass is 16.5. The molecule has 5 nitrogen and oxygen atoms in total. The summed E-state index contributed by atoms with van der Waals surface area (Å²) in [5.74, 6) is 1.87. The van der Waals surface area contributed by atoms with Gasteiger partial charge in [-0.3, -0.25) is 4.90 Å². The Morgan fingerprint density at radius 1 is 0.962 bits per heavy atom. The molecule has 1 aliphatic heterocycles. The van der Waals surface area contributed by atoms with Gasteiger partial charge in [-0.1, -0.05) is 24.3 Å². The highest BCUT2D eigenvalue weighted by molar-refractivity contribution is 5.58. The van der Waals surface area contributed by atoms with Crippen molar-refractivity contribution in [1.29, 1.82) is 0 Å². The lowest BCUT2D eigenvalue weighted by Crippen LogP contribution is -2.46. The molecule has 0 amide bonds. The number of anilines is 1. The molecule has 1 saturated heterocycles. The molecular formula is C21H29N3O2. The molecule has 0 unspecified atom stereocenters. The first-order chi connectivity index (χ1) is 12.8. The van der Waals surface area contributed by atoms with Crippen LogP contribution in [0.5, 0.6) is 11.5 Å². The third-order valence-electron chi connectivity index (χ3n) is 4.84. The lowest BCUT2D eigenvalue weighted by atomic mass is 10.2. The van der Waals surface area contributed by atoms with Crippen LogP contribution in [0.4, 0.5) is 5.69 Å². The molecule has 3 rings (SSSR count). The van der Waals surface area contributed by atoms with E-state index in [4.69, 9.17) is 15.2 Å². The molecular weight excluding hydrogens is 326 g/mol. The molecule has 140 valence electrons. The second kappa shape index (κ2) is 9.46. The molecule has 0 radical (unpaired) electrons. The van der Waals surface area contributed by atoms with E-state index >= 15 is 0 Å². The van der Waals surface area contributed by atoms with Crippen molar-refractivity contribution in [2.45, 2.75) is 13.0 Å². The molecule has 0 aromatic heterocycles. The van der Waals surface area contributed by atoms with Crippen molar-refractivity contribution in [2.75, 3.05) is 51.3 Å². The van der Waals surface area contributed by atoms with Gasteiger partial charge in [0, 0.05) is 39.3 Å². The highest BCUT2D eigenvalue weighted by Crippen LogP contribution is 2.28. The van der Waals surface area contributed by atoms with Crippen molar-refractivity contribution >= 4 is 5.69 Å². The maximum atomic E-state index is 5.82. The third kappa shape index (κ3) is 4.90. The van der Waals surface area contributed by atoms with Crippen LogP contribution in [0.3, 0.4) is 0 Å². The molecule has 5 heteroatoms. The Morgan fingerprint density at radius 2 is 1.69 bits per heavy atom. The lowest BCUT2D eigenvalue weighted by molar-refractivity contribution is 0.224. The molecule has 1 aliphatic rings. The van der Waals surface area contributed by atoms with Crippen LogP contribution in [-0.4, -0.2) is 51.3 Å².